The first-order valence-corrected chi connectivity index (χ1v) is 7.69. The summed E-state index contributed by atoms with van der Waals surface area (Å²) >= 11 is 1.76. The van der Waals surface area contributed by atoms with Gasteiger partial charge < -0.3 is 10.1 Å². The van der Waals surface area contributed by atoms with Crippen LogP contribution in [0.25, 0.3) is 0 Å². The molecule has 0 spiro atoms. The zero-order valence-corrected chi connectivity index (χ0v) is 12.4. The van der Waals surface area contributed by atoms with E-state index in [2.05, 4.69) is 40.3 Å². The molecule has 0 radical (unpaired) electrons. The van der Waals surface area contributed by atoms with Gasteiger partial charge in [0.2, 0.25) is 0 Å². The van der Waals surface area contributed by atoms with Gasteiger partial charge in [-0.2, -0.15) is 11.3 Å². The maximum absolute atomic E-state index is 5.57. The van der Waals surface area contributed by atoms with Crippen molar-refractivity contribution in [1.82, 2.24) is 5.32 Å². The molecule has 0 saturated heterocycles. The quantitative estimate of drug-likeness (QED) is 0.823. The second kappa shape index (κ2) is 7.31. The third kappa shape index (κ3) is 4.08. The largest absolute Gasteiger partial charge is 0.494 e. The van der Waals surface area contributed by atoms with Gasteiger partial charge in [0.1, 0.15) is 5.75 Å². The molecule has 102 valence electrons. The van der Waals surface area contributed by atoms with E-state index in [1.807, 2.05) is 20.0 Å². The summed E-state index contributed by atoms with van der Waals surface area (Å²) in [7, 11) is 2.02. The predicted octanol–water partition coefficient (Wildman–Crippen LogP) is 4.04. The standard InChI is InChI=1S/C16H21NOS/c1-3-18-15-6-4-5-14(11-15)16(17-2)8-7-13-9-10-19-12-13/h4-6,9-12,16-17H,3,7-8H2,1-2H3. The molecule has 1 atom stereocenters. The van der Waals surface area contributed by atoms with E-state index in [9.17, 15) is 0 Å². The molecule has 2 nitrogen and oxygen atoms in total. The average molecular weight is 275 g/mol. The van der Waals surface area contributed by atoms with Crippen LogP contribution in [0.15, 0.2) is 41.1 Å². The van der Waals surface area contributed by atoms with Gasteiger partial charge in [-0.3, -0.25) is 0 Å². The molecule has 1 aromatic heterocycles. The minimum absolute atomic E-state index is 0.375. The number of rotatable bonds is 7. The Bertz CT molecular complexity index is 481. The Morgan fingerprint density at radius 1 is 1.32 bits per heavy atom. The number of aryl methyl sites for hydroxylation is 1. The van der Waals surface area contributed by atoms with Gasteiger partial charge in [0, 0.05) is 6.04 Å². The van der Waals surface area contributed by atoms with Crippen molar-refractivity contribution in [2.45, 2.75) is 25.8 Å². The molecular weight excluding hydrogens is 254 g/mol. The summed E-state index contributed by atoms with van der Waals surface area (Å²) in [6, 6.07) is 11.0. The monoisotopic (exact) mass is 275 g/mol. The molecule has 0 aliphatic carbocycles. The van der Waals surface area contributed by atoms with Crippen LogP contribution in [0, 0.1) is 0 Å². The van der Waals surface area contributed by atoms with Crippen molar-refractivity contribution in [3.8, 4) is 5.75 Å². The fourth-order valence-electron chi connectivity index (χ4n) is 2.21. The highest BCUT2D eigenvalue weighted by Crippen LogP contribution is 2.23. The van der Waals surface area contributed by atoms with Crippen molar-refractivity contribution >= 4 is 11.3 Å². The second-order valence-corrected chi connectivity index (χ2v) is 5.30. The number of benzene rings is 1. The van der Waals surface area contributed by atoms with E-state index in [0.717, 1.165) is 18.6 Å². The molecule has 1 heterocycles. The van der Waals surface area contributed by atoms with E-state index in [4.69, 9.17) is 4.74 Å². The Balaban J connectivity index is 2.01. The Kier molecular flexibility index (Phi) is 5.43. The van der Waals surface area contributed by atoms with Crippen molar-refractivity contribution in [2.24, 2.45) is 0 Å². The third-order valence-electron chi connectivity index (χ3n) is 3.22. The van der Waals surface area contributed by atoms with Gasteiger partial charge >= 0.3 is 0 Å². The molecule has 19 heavy (non-hydrogen) atoms. The maximum Gasteiger partial charge on any atom is 0.119 e. The van der Waals surface area contributed by atoms with E-state index in [0.29, 0.717) is 12.6 Å². The van der Waals surface area contributed by atoms with Crippen molar-refractivity contribution in [3.05, 3.63) is 52.2 Å². The molecular formula is C16H21NOS. The Morgan fingerprint density at radius 2 is 2.21 bits per heavy atom. The smallest absolute Gasteiger partial charge is 0.119 e. The SMILES string of the molecule is CCOc1cccc(C(CCc2ccsc2)NC)c1. The van der Waals surface area contributed by atoms with Crippen LogP contribution in [0.5, 0.6) is 5.75 Å². The fraction of sp³-hybridized carbons (Fsp3) is 0.375. The summed E-state index contributed by atoms with van der Waals surface area (Å²) in [5, 5.41) is 7.76. The molecule has 1 unspecified atom stereocenters. The van der Waals surface area contributed by atoms with E-state index < -0.39 is 0 Å². The zero-order chi connectivity index (χ0) is 13.5. The fourth-order valence-corrected chi connectivity index (χ4v) is 2.91. The number of thiophene rings is 1. The van der Waals surface area contributed by atoms with Crippen LogP contribution in [0.2, 0.25) is 0 Å². The topological polar surface area (TPSA) is 21.3 Å². The second-order valence-electron chi connectivity index (χ2n) is 4.52. The number of hydrogen-bond donors (Lipinski definition) is 1. The lowest BCUT2D eigenvalue weighted by Crippen LogP contribution is -2.17. The van der Waals surface area contributed by atoms with E-state index >= 15 is 0 Å². The van der Waals surface area contributed by atoms with Crippen molar-refractivity contribution in [2.75, 3.05) is 13.7 Å². The maximum atomic E-state index is 5.57. The van der Waals surface area contributed by atoms with Crippen molar-refractivity contribution < 1.29 is 4.74 Å². The highest BCUT2D eigenvalue weighted by molar-refractivity contribution is 7.07. The van der Waals surface area contributed by atoms with Crippen LogP contribution in [0.1, 0.15) is 30.5 Å². The van der Waals surface area contributed by atoms with E-state index in [-0.39, 0.29) is 0 Å². The molecule has 0 aliphatic rings. The molecule has 1 N–H and O–H groups in total. The molecule has 0 aliphatic heterocycles. The summed E-state index contributed by atoms with van der Waals surface area (Å²) in [5.74, 6) is 0.954. The first-order valence-electron chi connectivity index (χ1n) is 6.74. The highest BCUT2D eigenvalue weighted by Gasteiger charge is 2.10. The minimum Gasteiger partial charge on any atom is -0.494 e. The lowest BCUT2D eigenvalue weighted by Gasteiger charge is -2.17. The summed E-state index contributed by atoms with van der Waals surface area (Å²) in [4.78, 5) is 0. The normalized spacial score (nSPS) is 12.3. The van der Waals surface area contributed by atoms with Gasteiger partial charge in [0.05, 0.1) is 6.61 Å². The van der Waals surface area contributed by atoms with Crippen LogP contribution in [0.4, 0.5) is 0 Å². The minimum atomic E-state index is 0.375. The molecule has 0 amide bonds. The summed E-state index contributed by atoms with van der Waals surface area (Å²) < 4.78 is 5.57. The highest BCUT2D eigenvalue weighted by atomic mass is 32.1. The van der Waals surface area contributed by atoms with Gasteiger partial charge in [-0.25, -0.2) is 0 Å². The van der Waals surface area contributed by atoms with Crippen LogP contribution >= 0.6 is 11.3 Å². The molecule has 0 fully saturated rings. The average Bonchev–Trinajstić information content (AvgIpc) is 2.94. The Morgan fingerprint density at radius 3 is 2.89 bits per heavy atom. The molecule has 0 saturated carbocycles. The van der Waals surface area contributed by atoms with Gasteiger partial charge in [-0.15, -0.1) is 0 Å². The summed E-state index contributed by atoms with van der Waals surface area (Å²) in [6.45, 7) is 2.72. The predicted molar refractivity (Wildman–Crippen MR) is 82.1 cm³/mol. The van der Waals surface area contributed by atoms with Crippen LogP contribution in [-0.2, 0) is 6.42 Å². The molecule has 1 aromatic carbocycles. The van der Waals surface area contributed by atoms with Gasteiger partial charge in [-0.1, -0.05) is 12.1 Å². The number of hydrogen-bond acceptors (Lipinski definition) is 3. The summed E-state index contributed by atoms with van der Waals surface area (Å²) in [5.41, 5.74) is 2.72. The summed E-state index contributed by atoms with van der Waals surface area (Å²) in [6.07, 6.45) is 2.21. The lowest BCUT2D eigenvalue weighted by atomic mass is 10.00. The zero-order valence-electron chi connectivity index (χ0n) is 11.6. The van der Waals surface area contributed by atoms with Gasteiger partial charge in [0.15, 0.2) is 0 Å². The van der Waals surface area contributed by atoms with Crippen LogP contribution in [0.3, 0.4) is 0 Å². The van der Waals surface area contributed by atoms with Crippen molar-refractivity contribution in [1.29, 1.82) is 0 Å². The Hall–Kier alpha value is -1.32. The lowest BCUT2D eigenvalue weighted by molar-refractivity contribution is 0.339. The first-order chi connectivity index (χ1) is 9.33. The third-order valence-corrected chi connectivity index (χ3v) is 3.95. The van der Waals surface area contributed by atoms with Crippen LogP contribution in [-0.4, -0.2) is 13.7 Å². The first kappa shape index (κ1) is 14.1. The van der Waals surface area contributed by atoms with E-state index in [1.54, 1.807) is 11.3 Å². The molecule has 2 aromatic rings. The number of nitrogens with one attached hydrogen (secondary N) is 1. The van der Waals surface area contributed by atoms with E-state index in [1.165, 1.54) is 11.1 Å². The van der Waals surface area contributed by atoms with Crippen LogP contribution < -0.4 is 10.1 Å². The van der Waals surface area contributed by atoms with Gasteiger partial charge in [0.25, 0.3) is 0 Å². The molecule has 2 rings (SSSR count). The molecule has 3 heteroatoms. The van der Waals surface area contributed by atoms with Crippen molar-refractivity contribution in [3.63, 3.8) is 0 Å². The number of ether oxygens (including phenoxy) is 1. The van der Waals surface area contributed by atoms with Gasteiger partial charge in [-0.05, 0) is 66.9 Å². The Labute approximate surface area is 119 Å². The molecule has 0 bridgehead atoms.